The van der Waals surface area contributed by atoms with Crippen LogP contribution in [0, 0.1) is 0 Å². The normalized spacial score (nSPS) is 13.9. The molecule has 0 saturated carbocycles. The van der Waals surface area contributed by atoms with Crippen molar-refractivity contribution in [2.75, 3.05) is 5.32 Å². The molecule has 3 N–H and O–H groups in total. The largest absolute Gasteiger partial charge is 0.371 e. The molecule has 1 aromatic carbocycles. The van der Waals surface area contributed by atoms with Gasteiger partial charge in [0.1, 0.15) is 5.54 Å². The zero-order chi connectivity index (χ0) is 13.4. The number of nitrogens with two attached hydrogens (primary N) is 1. The summed E-state index contributed by atoms with van der Waals surface area (Å²) in [4.78, 5) is 11.6. The summed E-state index contributed by atoms with van der Waals surface area (Å²) in [6.07, 6.45) is 5.35. The number of nitrogens with one attached hydrogen (secondary N) is 1. The van der Waals surface area contributed by atoms with Crippen LogP contribution in [0.15, 0.2) is 30.3 Å². The summed E-state index contributed by atoms with van der Waals surface area (Å²) in [5.74, 6) is -0.289. The highest BCUT2D eigenvalue weighted by molar-refractivity contribution is 5.87. The third-order valence-electron chi connectivity index (χ3n) is 3.27. The minimum absolute atomic E-state index is 0.289. The van der Waals surface area contributed by atoms with Gasteiger partial charge in [-0.15, -0.1) is 0 Å². The third-order valence-corrected chi connectivity index (χ3v) is 3.27. The first kappa shape index (κ1) is 14.6. The lowest BCUT2D eigenvalue weighted by Crippen LogP contribution is -2.47. The molecule has 0 radical (unpaired) electrons. The maximum Gasteiger partial charge on any atom is 0.242 e. The Labute approximate surface area is 110 Å². The number of unbranched alkanes of at least 4 members (excludes halogenated alkanes) is 3. The SMILES string of the molecule is CCCCCCC(C)(Nc1ccccc1)C(N)=O. The molecule has 1 atom stereocenters. The lowest BCUT2D eigenvalue weighted by atomic mass is 9.93. The smallest absolute Gasteiger partial charge is 0.242 e. The zero-order valence-corrected chi connectivity index (χ0v) is 11.4. The number of hydrogen-bond donors (Lipinski definition) is 2. The Kier molecular flexibility index (Phi) is 5.69. The van der Waals surface area contributed by atoms with E-state index in [-0.39, 0.29) is 5.91 Å². The van der Waals surface area contributed by atoms with E-state index >= 15 is 0 Å². The molecule has 3 nitrogen and oxygen atoms in total. The fraction of sp³-hybridized carbons (Fsp3) is 0.533. The average Bonchev–Trinajstić information content (AvgIpc) is 2.36. The van der Waals surface area contributed by atoms with Gasteiger partial charge in [0.25, 0.3) is 0 Å². The van der Waals surface area contributed by atoms with Crippen LogP contribution in [0.25, 0.3) is 0 Å². The second kappa shape index (κ2) is 7.04. The molecule has 0 heterocycles. The van der Waals surface area contributed by atoms with E-state index in [2.05, 4.69) is 12.2 Å². The van der Waals surface area contributed by atoms with Gasteiger partial charge >= 0.3 is 0 Å². The summed E-state index contributed by atoms with van der Waals surface area (Å²) in [5, 5.41) is 3.26. The van der Waals surface area contributed by atoms with E-state index in [9.17, 15) is 4.79 Å². The number of carbonyl (C=O) groups excluding carboxylic acids is 1. The van der Waals surface area contributed by atoms with Crippen LogP contribution < -0.4 is 11.1 Å². The Balaban J connectivity index is 2.60. The van der Waals surface area contributed by atoms with Crippen molar-refractivity contribution in [2.45, 2.75) is 51.5 Å². The second-order valence-electron chi connectivity index (χ2n) is 5.00. The number of rotatable bonds is 8. The Morgan fingerprint density at radius 3 is 2.44 bits per heavy atom. The summed E-state index contributed by atoms with van der Waals surface area (Å²) in [5.41, 5.74) is 5.81. The van der Waals surface area contributed by atoms with Crippen LogP contribution in [0.5, 0.6) is 0 Å². The van der Waals surface area contributed by atoms with E-state index in [1.54, 1.807) is 0 Å². The van der Waals surface area contributed by atoms with E-state index in [1.807, 2.05) is 37.3 Å². The van der Waals surface area contributed by atoms with Crippen molar-refractivity contribution < 1.29 is 4.79 Å². The minimum atomic E-state index is -0.658. The molecular formula is C15H24N2O. The molecule has 3 heteroatoms. The molecule has 0 saturated heterocycles. The first-order valence-corrected chi connectivity index (χ1v) is 6.71. The van der Waals surface area contributed by atoms with E-state index in [4.69, 9.17) is 5.73 Å². The van der Waals surface area contributed by atoms with Gasteiger partial charge in [-0.25, -0.2) is 0 Å². The number of anilines is 1. The molecule has 0 aliphatic carbocycles. The number of primary amides is 1. The van der Waals surface area contributed by atoms with Crippen LogP contribution in [0.2, 0.25) is 0 Å². The summed E-state index contributed by atoms with van der Waals surface area (Å²) in [6, 6.07) is 9.75. The molecule has 100 valence electrons. The van der Waals surface area contributed by atoms with Crippen LogP contribution >= 0.6 is 0 Å². The van der Waals surface area contributed by atoms with Crippen LogP contribution in [0.4, 0.5) is 5.69 Å². The first-order valence-electron chi connectivity index (χ1n) is 6.71. The fourth-order valence-corrected chi connectivity index (χ4v) is 1.99. The van der Waals surface area contributed by atoms with Crippen molar-refractivity contribution in [3.63, 3.8) is 0 Å². The van der Waals surface area contributed by atoms with Crippen molar-refractivity contribution in [1.29, 1.82) is 0 Å². The number of benzene rings is 1. The predicted molar refractivity (Wildman–Crippen MR) is 76.4 cm³/mol. The van der Waals surface area contributed by atoms with E-state index in [1.165, 1.54) is 12.8 Å². The maximum atomic E-state index is 11.6. The van der Waals surface area contributed by atoms with Crippen molar-refractivity contribution >= 4 is 11.6 Å². The van der Waals surface area contributed by atoms with Crippen molar-refractivity contribution in [3.8, 4) is 0 Å². The molecule has 0 spiro atoms. The lowest BCUT2D eigenvalue weighted by molar-refractivity contribution is -0.122. The summed E-state index contributed by atoms with van der Waals surface area (Å²) in [7, 11) is 0. The van der Waals surface area contributed by atoms with E-state index < -0.39 is 5.54 Å². The molecule has 1 rings (SSSR count). The maximum absolute atomic E-state index is 11.6. The van der Waals surface area contributed by atoms with Gasteiger partial charge in [-0.2, -0.15) is 0 Å². The zero-order valence-electron chi connectivity index (χ0n) is 11.4. The number of hydrogen-bond acceptors (Lipinski definition) is 2. The third kappa shape index (κ3) is 4.40. The topological polar surface area (TPSA) is 55.1 Å². The highest BCUT2D eigenvalue weighted by atomic mass is 16.1. The number of amides is 1. The molecule has 0 bridgehead atoms. The second-order valence-corrected chi connectivity index (χ2v) is 5.00. The molecular weight excluding hydrogens is 224 g/mol. The Morgan fingerprint density at radius 1 is 1.22 bits per heavy atom. The summed E-state index contributed by atoms with van der Waals surface area (Å²) >= 11 is 0. The summed E-state index contributed by atoms with van der Waals surface area (Å²) in [6.45, 7) is 4.06. The van der Waals surface area contributed by atoms with Gasteiger partial charge in [-0.05, 0) is 25.5 Å². The van der Waals surface area contributed by atoms with E-state index in [0.717, 1.165) is 24.9 Å². The van der Waals surface area contributed by atoms with Crippen LogP contribution in [-0.4, -0.2) is 11.4 Å². The lowest BCUT2D eigenvalue weighted by Gasteiger charge is -2.28. The molecule has 0 fully saturated rings. The van der Waals surface area contributed by atoms with Crippen LogP contribution in [0.1, 0.15) is 46.0 Å². The molecule has 0 aromatic heterocycles. The van der Waals surface area contributed by atoms with Crippen molar-refractivity contribution in [3.05, 3.63) is 30.3 Å². The monoisotopic (exact) mass is 248 g/mol. The standard InChI is InChI=1S/C15H24N2O/c1-3-4-5-9-12-15(2,14(16)18)17-13-10-7-6-8-11-13/h6-8,10-11,17H,3-5,9,12H2,1-2H3,(H2,16,18). The number of carbonyl (C=O) groups is 1. The molecule has 0 aliphatic heterocycles. The first-order chi connectivity index (χ1) is 8.58. The Hall–Kier alpha value is -1.51. The Morgan fingerprint density at radius 2 is 1.89 bits per heavy atom. The Bertz CT molecular complexity index is 364. The van der Waals surface area contributed by atoms with Gasteiger partial charge < -0.3 is 11.1 Å². The minimum Gasteiger partial charge on any atom is -0.371 e. The average molecular weight is 248 g/mol. The highest BCUT2D eigenvalue weighted by Gasteiger charge is 2.30. The number of para-hydroxylation sites is 1. The fourth-order valence-electron chi connectivity index (χ4n) is 1.99. The summed E-state index contributed by atoms with van der Waals surface area (Å²) < 4.78 is 0. The molecule has 0 aliphatic rings. The highest BCUT2D eigenvalue weighted by Crippen LogP contribution is 2.21. The quantitative estimate of drug-likeness (QED) is 0.693. The van der Waals surface area contributed by atoms with Crippen molar-refractivity contribution in [1.82, 2.24) is 0 Å². The van der Waals surface area contributed by atoms with Crippen molar-refractivity contribution in [2.24, 2.45) is 5.73 Å². The molecule has 1 aromatic rings. The molecule has 18 heavy (non-hydrogen) atoms. The molecule has 1 amide bonds. The van der Waals surface area contributed by atoms with Crippen LogP contribution in [0.3, 0.4) is 0 Å². The van der Waals surface area contributed by atoms with Gasteiger partial charge in [0, 0.05) is 5.69 Å². The van der Waals surface area contributed by atoms with Gasteiger partial charge in [-0.1, -0.05) is 50.8 Å². The predicted octanol–water partition coefficient (Wildman–Crippen LogP) is 3.31. The van der Waals surface area contributed by atoms with Gasteiger partial charge in [0.15, 0.2) is 0 Å². The van der Waals surface area contributed by atoms with E-state index in [0.29, 0.717) is 0 Å². The van der Waals surface area contributed by atoms with Gasteiger partial charge in [0.05, 0.1) is 0 Å². The molecule has 1 unspecified atom stereocenters. The van der Waals surface area contributed by atoms with Crippen LogP contribution in [-0.2, 0) is 4.79 Å². The van der Waals surface area contributed by atoms with Gasteiger partial charge in [0.2, 0.25) is 5.91 Å². The van der Waals surface area contributed by atoms with Gasteiger partial charge in [-0.3, -0.25) is 4.79 Å².